The molecular weight excluding hydrogens is 230 g/mol. The fourth-order valence-corrected chi connectivity index (χ4v) is 2.51. The van der Waals surface area contributed by atoms with Gasteiger partial charge in [0.2, 0.25) is 0 Å². The Morgan fingerprint density at radius 2 is 1.58 bits per heavy atom. The number of aromatic nitrogens is 1. The third-order valence-corrected chi connectivity index (χ3v) is 3.59. The van der Waals surface area contributed by atoms with Gasteiger partial charge in [-0.2, -0.15) is 0 Å². The minimum atomic E-state index is 1.06. The first-order chi connectivity index (χ1) is 9.15. The van der Waals surface area contributed by atoms with E-state index in [0.717, 1.165) is 11.2 Å². The molecule has 0 amide bonds. The van der Waals surface area contributed by atoms with Crippen LogP contribution in [0.5, 0.6) is 0 Å². The highest BCUT2D eigenvalue weighted by molar-refractivity contribution is 5.85. The van der Waals surface area contributed by atoms with Crippen molar-refractivity contribution >= 4 is 10.9 Å². The summed E-state index contributed by atoms with van der Waals surface area (Å²) in [6.45, 7) is 6.39. The Morgan fingerprint density at radius 1 is 0.789 bits per heavy atom. The Labute approximate surface area is 113 Å². The van der Waals surface area contributed by atoms with E-state index in [0.29, 0.717) is 0 Å². The molecule has 0 saturated carbocycles. The van der Waals surface area contributed by atoms with Gasteiger partial charge in [-0.1, -0.05) is 36.4 Å². The summed E-state index contributed by atoms with van der Waals surface area (Å²) in [5, 5.41) is 1.24. The minimum absolute atomic E-state index is 1.06. The summed E-state index contributed by atoms with van der Waals surface area (Å²) in [5.41, 5.74) is 7.16. The molecule has 1 aromatic heterocycles. The largest absolute Gasteiger partial charge is 0.248 e. The van der Waals surface area contributed by atoms with E-state index in [1.807, 2.05) is 0 Å². The molecule has 19 heavy (non-hydrogen) atoms. The van der Waals surface area contributed by atoms with E-state index in [-0.39, 0.29) is 0 Å². The number of hydrogen-bond acceptors (Lipinski definition) is 1. The van der Waals surface area contributed by atoms with Gasteiger partial charge in [-0.25, -0.2) is 4.98 Å². The third-order valence-electron chi connectivity index (χ3n) is 3.59. The molecule has 3 rings (SSSR count). The lowest BCUT2D eigenvalue weighted by atomic mass is 10.0. The molecule has 0 aliphatic rings. The second-order valence-corrected chi connectivity index (χ2v) is 5.16. The van der Waals surface area contributed by atoms with E-state index in [4.69, 9.17) is 4.98 Å². The maximum atomic E-state index is 4.83. The van der Waals surface area contributed by atoms with E-state index in [1.165, 1.54) is 27.6 Å². The average molecular weight is 247 g/mol. The fraction of sp³-hybridized carbons (Fsp3) is 0.167. The van der Waals surface area contributed by atoms with Crippen LogP contribution in [0.15, 0.2) is 48.5 Å². The number of fused-ring (bicyclic) bond motifs is 1. The van der Waals surface area contributed by atoms with E-state index in [9.17, 15) is 0 Å². The van der Waals surface area contributed by atoms with Crippen molar-refractivity contribution in [1.82, 2.24) is 4.98 Å². The number of nitrogens with zero attached hydrogens (tertiary/aromatic N) is 1. The normalized spacial score (nSPS) is 10.9. The highest BCUT2D eigenvalue weighted by Crippen LogP contribution is 2.26. The fourth-order valence-electron chi connectivity index (χ4n) is 2.51. The molecule has 0 aliphatic carbocycles. The van der Waals surface area contributed by atoms with Crippen LogP contribution in [0.3, 0.4) is 0 Å². The first kappa shape index (κ1) is 11.9. The number of pyridine rings is 1. The molecule has 1 heteroatoms. The molecule has 0 N–H and O–H groups in total. The van der Waals surface area contributed by atoms with Crippen molar-refractivity contribution in [2.75, 3.05) is 0 Å². The SMILES string of the molecule is Cc1ccc2c(C)cc(-c3ccccc3C)nc2c1. The van der Waals surface area contributed by atoms with Gasteiger partial charge in [-0.3, -0.25) is 0 Å². The quantitative estimate of drug-likeness (QED) is 0.600. The van der Waals surface area contributed by atoms with Crippen molar-refractivity contribution in [2.45, 2.75) is 20.8 Å². The first-order valence-corrected chi connectivity index (χ1v) is 6.59. The number of rotatable bonds is 1. The first-order valence-electron chi connectivity index (χ1n) is 6.59. The van der Waals surface area contributed by atoms with E-state index >= 15 is 0 Å². The molecule has 0 bridgehead atoms. The van der Waals surface area contributed by atoms with Gasteiger partial charge in [0.05, 0.1) is 11.2 Å². The van der Waals surface area contributed by atoms with E-state index in [2.05, 4.69) is 69.3 Å². The third kappa shape index (κ3) is 2.12. The van der Waals surface area contributed by atoms with Crippen LogP contribution in [0.4, 0.5) is 0 Å². The number of hydrogen-bond donors (Lipinski definition) is 0. The van der Waals surface area contributed by atoms with Crippen LogP contribution >= 0.6 is 0 Å². The van der Waals surface area contributed by atoms with Crippen molar-refractivity contribution < 1.29 is 0 Å². The van der Waals surface area contributed by atoms with Crippen molar-refractivity contribution in [1.29, 1.82) is 0 Å². The van der Waals surface area contributed by atoms with Crippen LogP contribution in [0.1, 0.15) is 16.7 Å². The Kier molecular flexibility index (Phi) is 2.83. The average Bonchev–Trinajstić information content (AvgIpc) is 2.38. The molecular formula is C18H17N. The summed E-state index contributed by atoms with van der Waals surface area (Å²) < 4.78 is 0. The second-order valence-electron chi connectivity index (χ2n) is 5.16. The molecule has 0 atom stereocenters. The van der Waals surface area contributed by atoms with Crippen LogP contribution < -0.4 is 0 Å². The smallest absolute Gasteiger partial charge is 0.0715 e. The zero-order chi connectivity index (χ0) is 13.4. The van der Waals surface area contributed by atoms with Crippen LogP contribution in [0.25, 0.3) is 22.2 Å². The van der Waals surface area contributed by atoms with Gasteiger partial charge in [0.1, 0.15) is 0 Å². The molecule has 0 radical (unpaired) electrons. The Balaban J connectivity index is 2.29. The van der Waals surface area contributed by atoms with Crippen LogP contribution in [0, 0.1) is 20.8 Å². The standard InChI is InChI=1S/C18H17N/c1-12-8-9-16-14(3)11-18(19-17(16)10-12)15-7-5-4-6-13(15)2/h4-11H,1-3H3. The minimum Gasteiger partial charge on any atom is -0.248 e. The molecule has 0 spiro atoms. The number of benzene rings is 2. The molecule has 0 fully saturated rings. The molecule has 94 valence electrons. The van der Waals surface area contributed by atoms with Crippen molar-refractivity contribution in [3.05, 3.63) is 65.2 Å². The molecule has 1 heterocycles. The summed E-state index contributed by atoms with van der Waals surface area (Å²) in [6, 6.07) is 17.0. The highest BCUT2D eigenvalue weighted by Gasteiger charge is 2.06. The van der Waals surface area contributed by atoms with Crippen LogP contribution in [-0.4, -0.2) is 4.98 Å². The highest BCUT2D eigenvalue weighted by atomic mass is 14.7. The van der Waals surface area contributed by atoms with Gasteiger partial charge in [-0.05, 0) is 49.6 Å². The zero-order valence-electron chi connectivity index (χ0n) is 11.6. The van der Waals surface area contributed by atoms with Crippen LogP contribution in [-0.2, 0) is 0 Å². The molecule has 3 aromatic rings. The molecule has 1 nitrogen and oxygen atoms in total. The van der Waals surface area contributed by atoms with Crippen molar-refractivity contribution in [2.24, 2.45) is 0 Å². The Hall–Kier alpha value is -2.15. The van der Waals surface area contributed by atoms with Gasteiger partial charge in [0.25, 0.3) is 0 Å². The second kappa shape index (κ2) is 4.51. The predicted octanol–water partition coefficient (Wildman–Crippen LogP) is 4.83. The summed E-state index contributed by atoms with van der Waals surface area (Å²) in [5.74, 6) is 0. The summed E-state index contributed by atoms with van der Waals surface area (Å²) in [6.07, 6.45) is 0. The lowest BCUT2D eigenvalue weighted by Crippen LogP contribution is -1.91. The molecule has 0 unspecified atom stereocenters. The maximum Gasteiger partial charge on any atom is 0.0715 e. The topological polar surface area (TPSA) is 12.9 Å². The van der Waals surface area contributed by atoms with Crippen LogP contribution in [0.2, 0.25) is 0 Å². The summed E-state index contributed by atoms with van der Waals surface area (Å²) >= 11 is 0. The number of aryl methyl sites for hydroxylation is 3. The van der Waals surface area contributed by atoms with Crippen molar-refractivity contribution in [3.8, 4) is 11.3 Å². The molecule has 2 aromatic carbocycles. The molecule has 0 aliphatic heterocycles. The van der Waals surface area contributed by atoms with Gasteiger partial charge >= 0.3 is 0 Å². The Morgan fingerprint density at radius 3 is 2.37 bits per heavy atom. The predicted molar refractivity (Wildman–Crippen MR) is 81.4 cm³/mol. The van der Waals surface area contributed by atoms with Gasteiger partial charge in [0, 0.05) is 10.9 Å². The van der Waals surface area contributed by atoms with Crippen molar-refractivity contribution in [3.63, 3.8) is 0 Å². The van der Waals surface area contributed by atoms with Gasteiger partial charge < -0.3 is 0 Å². The van der Waals surface area contributed by atoms with Gasteiger partial charge in [0.15, 0.2) is 0 Å². The van der Waals surface area contributed by atoms with E-state index in [1.54, 1.807) is 0 Å². The Bertz CT molecular complexity index is 757. The lowest BCUT2D eigenvalue weighted by Gasteiger charge is -2.09. The monoisotopic (exact) mass is 247 g/mol. The van der Waals surface area contributed by atoms with Gasteiger partial charge in [-0.15, -0.1) is 0 Å². The van der Waals surface area contributed by atoms with E-state index < -0.39 is 0 Å². The molecule has 0 saturated heterocycles. The zero-order valence-corrected chi connectivity index (χ0v) is 11.6. The maximum absolute atomic E-state index is 4.83. The summed E-state index contributed by atoms with van der Waals surface area (Å²) in [7, 11) is 0. The summed E-state index contributed by atoms with van der Waals surface area (Å²) in [4.78, 5) is 4.83. The lowest BCUT2D eigenvalue weighted by molar-refractivity contribution is 1.33.